The maximum Gasteiger partial charge on any atom is 0.224 e. The van der Waals surface area contributed by atoms with E-state index in [1.165, 1.54) is 5.69 Å². The van der Waals surface area contributed by atoms with Crippen LogP contribution in [0.1, 0.15) is 26.7 Å². The monoisotopic (exact) mass is 288 g/mol. The number of hydrogen-bond donors (Lipinski definition) is 0. The van der Waals surface area contributed by atoms with Crippen molar-refractivity contribution in [2.45, 2.75) is 32.8 Å². The van der Waals surface area contributed by atoms with Crippen LogP contribution in [0, 0.1) is 0 Å². The molecule has 0 radical (unpaired) electrons. The van der Waals surface area contributed by atoms with E-state index in [0.29, 0.717) is 0 Å². The number of aromatic nitrogens is 1. The molecule has 1 heterocycles. The highest BCUT2D eigenvalue weighted by Gasteiger charge is 2.08. The molecule has 0 fully saturated rings. The van der Waals surface area contributed by atoms with Gasteiger partial charge in [0.1, 0.15) is 0 Å². The van der Waals surface area contributed by atoms with Crippen LogP contribution in [-0.4, -0.2) is 20.2 Å². The van der Waals surface area contributed by atoms with Crippen LogP contribution in [0.3, 0.4) is 0 Å². The number of halogens is 1. The summed E-state index contributed by atoms with van der Waals surface area (Å²) >= 11 is 0. The van der Waals surface area contributed by atoms with E-state index in [0.717, 1.165) is 12.8 Å². The molecule has 4 heteroatoms. The van der Waals surface area contributed by atoms with Crippen molar-refractivity contribution in [2.24, 2.45) is 0 Å². The van der Waals surface area contributed by atoms with Gasteiger partial charge < -0.3 is 21.9 Å². The van der Waals surface area contributed by atoms with E-state index in [1.54, 1.807) is 4.73 Å². The van der Waals surface area contributed by atoms with Crippen molar-refractivity contribution >= 4 is 5.69 Å². The van der Waals surface area contributed by atoms with Gasteiger partial charge in [0.15, 0.2) is 6.10 Å². The average Bonchev–Trinajstić information content (AvgIpc) is 2.18. The first-order chi connectivity index (χ1) is 7.13. The third kappa shape index (κ3) is 4.84. The van der Waals surface area contributed by atoms with Crippen molar-refractivity contribution in [3.63, 3.8) is 0 Å². The first-order valence-corrected chi connectivity index (χ1v) is 5.49. The molecule has 0 spiro atoms. The molecule has 1 aromatic heterocycles. The van der Waals surface area contributed by atoms with Crippen LogP contribution in [0.25, 0.3) is 0 Å². The first-order valence-electron chi connectivity index (χ1n) is 5.49. The zero-order chi connectivity index (χ0) is 11.3. The smallest absolute Gasteiger partial charge is 0.224 e. The summed E-state index contributed by atoms with van der Waals surface area (Å²) in [5.74, 6) is 0. The Morgan fingerprint density at radius 2 is 1.88 bits per heavy atom. The van der Waals surface area contributed by atoms with E-state index in [1.807, 2.05) is 38.6 Å². The third-order valence-corrected chi connectivity index (χ3v) is 2.30. The zero-order valence-electron chi connectivity index (χ0n) is 10.5. The maximum absolute atomic E-state index is 5.69. The standard InChI is InChI=1S/C12H21N2O.BrH/c1-5-6-11(2)15-14-9-7-12(8-10-14)13(3)4;/h7-11H,5-6H2,1-4H3;1H/q+1;/p-1. The molecule has 0 aromatic carbocycles. The predicted octanol–water partition coefficient (Wildman–Crippen LogP) is -1.34. The molecule has 0 aliphatic carbocycles. The molecule has 1 aromatic rings. The summed E-state index contributed by atoms with van der Waals surface area (Å²) < 4.78 is 1.77. The molecular weight excluding hydrogens is 268 g/mol. The van der Waals surface area contributed by atoms with Crippen LogP contribution in [0.2, 0.25) is 0 Å². The summed E-state index contributed by atoms with van der Waals surface area (Å²) in [5.41, 5.74) is 1.18. The molecule has 1 rings (SSSR count). The molecule has 16 heavy (non-hydrogen) atoms. The van der Waals surface area contributed by atoms with Crippen LogP contribution in [0.15, 0.2) is 24.5 Å². The van der Waals surface area contributed by atoms with Crippen LogP contribution in [0.5, 0.6) is 0 Å². The van der Waals surface area contributed by atoms with E-state index in [4.69, 9.17) is 4.84 Å². The summed E-state index contributed by atoms with van der Waals surface area (Å²) in [7, 11) is 4.06. The molecule has 1 atom stereocenters. The lowest BCUT2D eigenvalue weighted by atomic mass is 10.2. The number of hydrogen-bond acceptors (Lipinski definition) is 2. The van der Waals surface area contributed by atoms with Crippen molar-refractivity contribution in [3.8, 4) is 0 Å². The third-order valence-electron chi connectivity index (χ3n) is 2.30. The topological polar surface area (TPSA) is 16.4 Å². The van der Waals surface area contributed by atoms with Gasteiger partial charge in [0.05, 0.1) is 0 Å². The second-order valence-electron chi connectivity index (χ2n) is 4.02. The van der Waals surface area contributed by atoms with Crippen LogP contribution in [0.4, 0.5) is 5.69 Å². The lowest BCUT2D eigenvalue weighted by molar-refractivity contribution is -0.898. The van der Waals surface area contributed by atoms with E-state index in [2.05, 4.69) is 18.7 Å². The average molecular weight is 289 g/mol. The summed E-state index contributed by atoms with van der Waals surface area (Å²) in [5, 5.41) is 0. The van der Waals surface area contributed by atoms with Crippen LogP contribution in [-0.2, 0) is 0 Å². The Morgan fingerprint density at radius 3 is 2.31 bits per heavy atom. The maximum atomic E-state index is 5.69. The number of pyridine rings is 1. The van der Waals surface area contributed by atoms with Gasteiger partial charge in [-0.3, -0.25) is 4.84 Å². The van der Waals surface area contributed by atoms with E-state index in [9.17, 15) is 0 Å². The summed E-state index contributed by atoms with van der Waals surface area (Å²) in [4.78, 5) is 7.76. The van der Waals surface area contributed by atoms with Gasteiger partial charge in [0.2, 0.25) is 12.4 Å². The Bertz CT molecular complexity index is 288. The quantitative estimate of drug-likeness (QED) is 0.624. The Hall–Kier alpha value is -0.770. The number of nitrogens with zero attached hydrogens (tertiary/aromatic N) is 2. The van der Waals surface area contributed by atoms with Gasteiger partial charge in [0, 0.05) is 36.6 Å². The van der Waals surface area contributed by atoms with Gasteiger partial charge >= 0.3 is 0 Å². The molecule has 0 bridgehead atoms. The highest BCUT2D eigenvalue weighted by atomic mass is 79.9. The lowest BCUT2D eigenvalue weighted by Crippen LogP contribution is -3.00. The van der Waals surface area contributed by atoms with E-state index >= 15 is 0 Å². The van der Waals surface area contributed by atoms with Crippen molar-refractivity contribution in [3.05, 3.63) is 24.5 Å². The van der Waals surface area contributed by atoms with Gasteiger partial charge in [0.25, 0.3) is 0 Å². The second kappa shape index (κ2) is 7.49. The Balaban J connectivity index is 0.00000225. The summed E-state index contributed by atoms with van der Waals surface area (Å²) in [6, 6.07) is 4.08. The lowest BCUT2D eigenvalue weighted by Gasteiger charge is -2.11. The van der Waals surface area contributed by atoms with Crippen LogP contribution < -0.4 is 31.4 Å². The minimum Gasteiger partial charge on any atom is -1.00 e. The predicted molar refractivity (Wildman–Crippen MR) is 61.9 cm³/mol. The molecule has 0 N–H and O–H groups in total. The molecule has 0 saturated heterocycles. The normalized spacial score (nSPS) is 11.5. The Morgan fingerprint density at radius 1 is 1.31 bits per heavy atom. The number of anilines is 1. The highest BCUT2D eigenvalue weighted by Crippen LogP contribution is 2.05. The second-order valence-corrected chi connectivity index (χ2v) is 4.02. The fourth-order valence-electron chi connectivity index (χ4n) is 1.44. The van der Waals surface area contributed by atoms with Crippen molar-refractivity contribution in [1.82, 2.24) is 0 Å². The molecule has 1 unspecified atom stereocenters. The van der Waals surface area contributed by atoms with E-state index < -0.39 is 0 Å². The minimum absolute atomic E-state index is 0. The zero-order valence-corrected chi connectivity index (χ0v) is 12.1. The number of rotatable bonds is 5. The minimum atomic E-state index is 0. The van der Waals surface area contributed by atoms with E-state index in [-0.39, 0.29) is 23.1 Å². The van der Waals surface area contributed by atoms with Crippen molar-refractivity contribution in [2.75, 3.05) is 19.0 Å². The fraction of sp³-hybridized carbons (Fsp3) is 0.583. The van der Waals surface area contributed by atoms with Gasteiger partial charge in [-0.1, -0.05) is 13.3 Å². The fourth-order valence-corrected chi connectivity index (χ4v) is 1.44. The summed E-state index contributed by atoms with van der Waals surface area (Å²) in [6.45, 7) is 4.26. The molecular formula is C12H21BrN2O. The van der Waals surface area contributed by atoms with Gasteiger partial charge in [-0.05, 0) is 13.3 Å². The highest BCUT2D eigenvalue weighted by molar-refractivity contribution is 5.41. The molecule has 0 aliphatic heterocycles. The Kier molecular flexibility index (Phi) is 7.13. The van der Waals surface area contributed by atoms with Gasteiger partial charge in [-0.15, -0.1) is 0 Å². The van der Waals surface area contributed by atoms with Gasteiger partial charge in [-0.25, -0.2) is 0 Å². The molecule has 0 aliphatic rings. The SMILES string of the molecule is CCCC(C)O[n+]1ccc(N(C)C)cc1.[Br-]. The molecule has 0 amide bonds. The Labute approximate surface area is 109 Å². The van der Waals surface area contributed by atoms with Gasteiger partial charge in [-0.2, -0.15) is 0 Å². The summed E-state index contributed by atoms with van der Waals surface area (Å²) in [6.07, 6.45) is 6.40. The first kappa shape index (κ1) is 15.2. The van der Waals surface area contributed by atoms with Crippen LogP contribution >= 0.6 is 0 Å². The van der Waals surface area contributed by atoms with Crippen molar-refractivity contribution < 1.29 is 26.5 Å². The molecule has 0 saturated carbocycles. The largest absolute Gasteiger partial charge is 1.00 e. The molecule has 3 nitrogen and oxygen atoms in total. The van der Waals surface area contributed by atoms with Crippen molar-refractivity contribution in [1.29, 1.82) is 0 Å². The molecule has 92 valence electrons.